The Kier molecular flexibility index (Phi) is 3.56. The molecule has 0 spiro atoms. The number of hydrogen-bond donors (Lipinski definition) is 4. The number of nitrogen functional groups attached to an aromatic ring is 1. The van der Waals surface area contributed by atoms with Crippen LogP contribution in [-0.4, -0.2) is 33.8 Å². The largest absolute Gasteiger partial charge is 0.497 e. The molecule has 5 N–H and O–H groups in total. The molecule has 0 radical (unpaired) electrons. The molecule has 0 aliphatic rings. The maximum absolute atomic E-state index is 11.9. The Bertz CT molecular complexity index is 851. The molecule has 7 nitrogen and oxygen atoms in total. The van der Waals surface area contributed by atoms with Crippen LogP contribution in [-0.2, 0) is 0 Å². The normalized spacial score (nSPS) is 12.5. The lowest BCUT2D eigenvalue weighted by molar-refractivity contribution is 0.281. The molecule has 7 heteroatoms. The van der Waals surface area contributed by atoms with Gasteiger partial charge in [-0.1, -0.05) is 12.1 Å². The Morgan fingerprint density at radius 3 is 2.73 bits per heavy atom. The topological polar surface area (TPSA) is 117 Å². The van der Waals surface area contributed by atoms with Crippen LogP contribution in [0.5, 0.6) is 5.75 Å². The van der Waals surface area contributed by atoms with Crippen LogP contribution in [0.2, 0.25) is 0 Å². The summed E-state index contributed by atoms with van der Waals surface area (Å²) in [5, 5.41) is 9.79. The predicted octanol–water partition coefficient (Wildman–Crippen LogP) is 0.966. The summed E-state index contributed by atoms with van der Waals surface area (Å²) in [5.74, 6) is 0.469. The van der Waals surface area contributed by atoms with Crippen molar-refractivity contribution in [3.63, 3.8) is 0 Å². The van der Waals surface area contributed by atoms with Gasteiger partial charge < -0.3 is 20.6 Å². The second-order valence-electron chi connectivity index (χ2n) is 4.93. The number of nitrogens with zero attached hydrogens (tertiary/aromatic N) is 1. The Labute approximate surface area is 125 Å². The Balaban J connectivity index is 2.12. The number of fused-ring (bicyclic) bond motifs is 1. The molecule has 0 saturated heterocycles. The molecule has 0 fully saturated rings. The molecule has 1 aromatic carbocycles. The molecule has 1 unspecified atom stereocenters. The van der Waals surface area contributed by atoms with Gasteiger partial charge in [0.15, 0.2) is 0 Å². The highest BCUT2D eigenvalue weighted by molar-refractivity contribution is 5.80. The molecule has 0 bridgehead atoms. The Hall–Kier alpha value is -2.80. The summed E-state index contributed by atoms with van der Waals surface area (Å²) in [5.41, 5.74) is 7.71. The number of H-pyrrole nitrogens is 2. The first-order valence-electron chi connectivity index (χ1n) is 6.75. The maximum Gasteiger partial charge on any atom is 0.276 e. The number of nitrogens with one attached hydrogen (secondary N) is 2. The molecular weight excluding hydrogens is 284 g/mol. The van der Waals surface area contributed by atoms with Crippen molar-refractivity contribution >= 4 is 17.0 Å². The van der Waals surface area contributed by atoms with Crippen molar-refractivity contribution in [3.8, 4) is 5.75 Å². The van der Waals surface area contributed by atoms with Crippen molar-refractivity contribution in [2.75, 3.05) is 19.5 Å². The van der Waals surface area contributed by atoms with Crippen LogP contribution in [0.15, 0.2) is 35.3 Å². The quantitative estimate of drug-likeness (QED) is 0.572. The van der Waals surface area contributed by atoms with Crippen molar-refractivity contribution in [2.24, 2.45) is 0 Å². The standard InChI is InChI=1S/C15H16N4O3/c1-22-9-4-2-8(3-5-9)11(7-20)10-6-17-13-12(10)18-15(16)19-14(13)21/h2-6,11,17,20H,7H2,1H3,(H3,16,18,19,21). The van der Waals surface area contributed by atoms with E-state index in [1.54, 1.807) is 13.3 Å². The minimum Gasteiger partial charge on any atom is -0.497 e. The van der Waals surface area contributed by atoms with Gasteiger partial charge in [0.05, 0.1) is 13.7 Å². The number of benzene rings is 1. The second-order valence-corrected chi connectivity index (χ2v) is 4.93. The lowest BCUT2D eigenvalue weighted by Gasteiger charge is -2.14. The maximum atomic E-state index is 11.9. The van der Waals surface area contributed by atoms with Crippen LogP contribution in [0, 0.1) is 0 Å². The van der Waals surface area contributed by atoms with E-state index in [1.807, 2.05) is 24.3 Å². The third kappa shape index (κ3) is 2.31. The van der Waals surface area contributed by atoms with Crippen LogP contribution in [0.25, 0.3) is 11.0 Å². The smallest absolute Gasteiger partial charge is 0.276 e. The number of anilines is 1. The van der Waals surface area contributed by atoms with E-state index in [-0.39, 0.29) is 24.0 Å². The van der Waals surface area contributed by atoms with Gasteiger partial charge in [-0.05, 0) is 17.7 Å². The molecule has 0 amide bonds. The predicted molar refractivity (Wildman–Crippen MR) is 83.0 cm³/mol. The van der Waals surface area contributed by atoms with Crippen LogP contribution >= 0.6 is 0 Å². The van der Waals surface area contributed by atoms with E-state index in [4.69, 9.17) is 10.5 Å². The highest BCUT2D eigenvalue weighted by Gasteiger charge is 2.20. The number of ether oxygens (including phenoxy) is 1. The number of aliphatic hydroxyl groups is 1. The van der Waals surface area contributed by atoms with Gasteiger partial charge in [-0.25, -0.2) is 4.98 Å². The molecule has 114 valence electrons. The van der Waals surface area contributed by atoms with Crippen molar-refractivity contribution < 1.29 is 9.84 Å². The number of rotatable bonds is 4. The average Bonchev–Trinajstić information content (AvgIpc) is 2.93. The highest BCUT2D eigenvalue weighted by Crippen LogP contribution is 2.29. The summed E-state index contributed by atoms with van der Waals surface area (Å²) in [6.45, 7) is -0.117. The summed E-state index contributed by atoms with van der Waals surface area (Å²) < 4.78 is 5.13. The summed E-state index contributed by atoms with van der Waals surface area (Å²) in [7, 11) is 1.59. The number of hydrogen-bond acceptors (Lipinski definition) is 5. The van der Waals surface area contributed by atoms with E-state index < -0.39 is 0 Å². The van der Waals surface area contributed by atoms with Gasteiger partial charge in [0.25, 0.3) is 5.56 Å². The number of aromatic nitrogens is 3. The molecule has 2 heterocycles. The first-order valence-corrected chi connectivity index (χ1v) is 6.75. The Morgan fingerprint density at radius 2 is 2.09 bits per heavy atom. The van der Waals surface area contributed by atoms with Crippen molar-refractivity contribution in [2.45, 2.75) is 5.92 Å². The molecule has 0 aliphatic heterocycles. The molecule has 0 aliphatic carbocycles. The van der Waals surface area contributed by atoms with Crippen LogP contribution in [0.1, 0.15) is 17.0 Å². The van der Waals surface area contributed by atoms with Gasteiger partial charge >= 0.3 is 0 Å². The van der Waals surface area contributed by atoms with E-state index in [0.29, 0.717) is 11.0 Å². The van der Waals surface area contributed by atoms with Crippen LogP contribution in [0.3, 0.4) is 0 Å². The van der Waals surface area contributed by atoms with Crippen LogP contribution < -0.4 is 16.0 Å². The van der Waals surface area contributed by atoms with E-state index in [0.717, 1.165) is 16.9 Å². The van der Waals surface area contributed by atoms with E-state index in [9.17, 15) is 9.90 Å². The zero-order chi connectivity index (χ0) is 15.7. The zero-order valence-corrected chi connectivity index (χ0v) is 12.0. The fraction of sp³-hybridized carbons (Fsp3) is 0.200. The third-order valence-corrected chi connectivity index (χ3v) is 3.66. The fourth-order valence-electron chi connectivity index (χ4n) is 2.54. The van der Waals surface area contributed by atoms with E-state index in [1.165, 1.54) is 0 Å². The second kappa shape index (κ2) is 5.53. The number of methoxy groups -OCH3 is 1. The van der Waals surface area contributed by atoms with Crippen molar-refractivity contribution in [1.29, 1.82) is 0 Å². The summed E-state index contributed by atoms with van der Waals surface area (Å²) in [6.07, 6.45) is 1.68. The molecule has 0 saturated carbocycles. The van der Waals surface area contributed by atoms with Crippen molar-refractivity contribution in [1.82, 2.24) is 15.0 Å². The Morgan fingerprint density at radius 1 is 1.36 bits per heavy atom. The van der Waals surface area contributed by atoms with Gasteiger partial charge in [0.2, 0.25) is 5.95 Å². The zero-order valence-electron chi connectivity index (χ0n) is 12.0. The fourth-order valence-corrected chi connectivity index (χ4v) is 2.54. The van der Waals surface area contributed by atoms with Crippen LogP contribution in [0.4, 0.5) is 5.95 Å². The lowest BCUT2D eigenvalue weighted by atomic mass is 9.93. The molecule has 22 heavy (non-hydrogen) atoms. The molecule has 1 atom stereocenters. The van der Waals surface area contributed by atoms with E-state index >= 15 is 0 Å². The minimum absolute atomic E-state index is 0.0461. The lowest BCUT2D eigenvalue weighted by Crippen LogP contribution is -2.12. The monoisotopic (exact) mass is 300 g/mol. The minimum atomic E-state index is -0.333. The summed E-state index contributed by atoms with van der Waals surface area (Å²) in [4.78, 5) is 21.4. The molecule has 2 aromatic heterocycles. The van der Waals surface area contributed by atoms with Gasteiger partial charge in [-0.3, -0.25) is 9.78 Å². The summed E-state index contributed by atoms with van der Waals surface area (Å²) >= 11 is 0. The van der Waals surface area contributed by atoms with Gasteiger partial charge in [-0.2, -0.15) is 0 Å². The number of aliphatic hydroxyl groups excluding tert-OH is 1. The number of nitrogens with two attached hydrogens (primary N) is 1. The highest BCUT2D eigenvalue weighted by atomic mass is 16.5. The van der Waals surface area contributed by atoms with Gasteiger partial charge in [0, 0.05) is 17.7 Å². The van der Waals surface area contributed by atoms with Crippen molar-refractivity contribution in [3.05, 3.63) is 51.9 Å². The van der Waals surface area contributed by atoms with Gasteiger partial charge in [0.1, 0.15) is 16.8 Å². The van der Waals surface area contributed by atoms with Gasteiger partial charge in [-0.15, -0.1) is 0 Å². The summed E-state index contributed by atoms with van der Waals surface area (Å²) in [6, 6.07) is 7.38. The average molecular weight is 300 g/mol. The first kappa shape index (κ1) is 14.2. The first-order chi connectivity index (χ1) is 10.6. The molecule has 3 rings (SSSR count). The molecule has 3 aromatic rings. The van der Waals surface area contributed by atoms with E-state index in [2.05, 4.69) is 15.0 Å². The third-order valence-electron chi connectivity index (χ3n) is 3.66. The molecular formula is C15H16N4O3. The number of aromatic amines is 2. The SMILES string of the molecule is COc1ccc(C(CO)c2c[nH]c3c(=O)[nH]c(N)nc23)cc1.